The molecule has 3 rings (SSSR count). The fourth-order valence-corrected chi connectivity index (χ4v) is 4.01. The number of allylic oxidation sites excluding steroid dienone is 1. The fourth-order valence-electron chi connectivity index (χ4n) is 3.82. The van der Waals surface area contributed by atoms with E-state index in [1.54, 1.807) is 0 Å². The minimum Gasteiger partial charge on any atom is -0.344 e. The van der Waals surface area contributed by atoms with E-state index in [0.717, 1.165) is 42.9 Å². The van der Waals surface area contributed by atoms with Crippen LogP contribution in [0.4, 0.5) is 0 Å². The normalized spacial score (nSPS) is 15.7. The molecule has 0 spiro atoms. The van der Waals surface area contributed by atoms with Gasteiger partial charge in [0.25, 0.3) is 0 Å². The van der Waals surface area contributed by atoms with Crippen molar-refractivity contribution in [3.63, 3.8) is 0 Å². The molecule has 0 amide bonds. The predicted molar refractivity (Wildman–Crippen MR) is 127 cm³/mol. The standard InChI is InChI=1S/C24H32ClN5O/c1-7-10-18(8-2)23(26-5)29(6)17(4)30(21-13-14-21)16(3)24-27-22(28-31-24)19-11-9-12-20(25)15-19/h9-12,15-16,21H,4,7-8,13-14H2,1-3,5-6H3/b18-10+,26-23?. The van der Waals surface area contributed by atoms with Crippen molar-refractivity contribution in [1.29, 1.82) is 0 Å². The van der Waals surface area contributed by atoms with E-state index in [0.29, 0.717) is 22.8 Å². The van der Waals surface area contributed by atoms with Crippen LogP contribution in [0.3, 0.4) is 0 Å². The molecular formula is C24H32ClN5O. The molecular weight excluding hydrogens is 410 g/mol. The van der Waals surface area contributed by atoms with Gasteiger partial charge in [-0.15, -0.1) is 0 Å². The maximum atomic E-state index is 6.12. The highest BCUT2D eigenvalue weighted by molar-refractivity contribution is 6.30. The van der Waals surface area contributed by atoms with E-state index >= 15 is 0 Å². The van der Waals surface area contributed by atoms with Gasteiger partial charge in [0.2, 0.25) is 11.7 Å². The van der Waals surface area contributed by atoms with Crippen LogP contribution in [0.1, 0.15) is 58.4 Å². The third kappa shape index (κ3) is 5.18. The fraction of sp³-hybridized carbons (Fsp3) is 0.458. The average molecular weight is 442 g/mol. The highest BCUT2D eigenvalue weighted by Gasteiger charge is 2.37. The molecule has 2 aromatic rings. The maximum Gasteiger partial charge on any atom is 0.249 e. The van der Waals surface area contributed by atoms with Gasteiger partial charge in [-0.1, -0.05) is 55.4 Å². The van der Waals surface area contributed by atoms with Crippen molar-refractivity contribution in [1.82, 2.24) is 19.9 Å². The van der Waals surface area contributed by atoms with Gasteiger partial charge in [0.1, 0.15) is 17.7 Å². The van der Waals surface area contributed by atoms with Crippen molar-refractivity contribution in [3.8, 4) is 11.4 Å². The third-order valence-electron chi connectivity index (χ3n) is 5.57. The molecule has 0 aliphatic heterocycles. The van der Waals surface area contributed by atoms with Crippen molar-refractivity contribution in [3.05, 3.63) is 59.2 Å². The predicted octanol–water partition coefficient (Wildman–Crippen LogP) is 6.09. The van der Waals surface area contributed by atoms with Gasteiger partial charge in [-0.3, -0.25) is 4.99 Å². The Morgan fingerprint density at radius 3 is 2.71 bits per heavy atom. The molecule has 1 aliphatic carbocycles. The minimum atomic E-state index is -0.110. The molecule has 1 aromatic heterocycles. The first-order valence-electron chi connectivity index (χ1n) is 10.9. The molecule has 6 nitrogen and oxygen atoms in total. The number of rotatable bonds is 9. The summed E-state index contributed by atoms with van der Waals surface area (Å²) in [6.45, 7) is 10.8. The van der Waals surface area contributed by atoms with Gasteiger partial charge in [0.05, 0.1) is 0 Å². The topological polar surface area (TPSA) is 57.8 Å². The van der Waals surface area contributed by atoms with Gasteiger partial charge in [-0.05, 0) is 50.3 Å². The van der Waals surface area contributed by atoms with Crippen LogP contribution in [0.2, 0.25) is 5.02 Å². The lowest BCUT2D eigenvalue weighted by Crippen LogP contribution is -2.39. The Morgan fingerprint density at radius 1 is 1.39 bits per heavy atom. The maximum absolute atomic E-state index is 6.12. The zero-order chi connectivity index (χ0) is 22.5. The Kier molecular flexibility index (Phi) is 7.55. The summed E-state index contributed by atoms with van der Waals surface area (Å²) in [7, 11) is 3.86. The lowest BCUT2D eigenvalue weighted by atomic mass is 10.1. The number of aliphatic imine (C=N–C) groups is 1. The van der Waals surface area contributed by atoms with E-state index in [-0.39, 0.29) is 6.04 Å². The first-order chi connectivity index (χ1) is 14.9. The van der Waals surface area contributed by atoms with E-state index in [1.165, 1.54) is 5.57 Å². The number of benzene rings is 1. The van der Waals surface area contributed by atoms with Crippen LogP contribution in [0, 0.1) is 0 Å². The summed E-state index contributed by atoms with van der Waals surface area (Å²) in [5.41, 5.74) is 2.05. The van der Waals surface area contributed by atoms with Crippen LogP contribution < -0.4 is 0 Å². The van der Waals surface area contributed by atoms with Gasteiger partial charge >= 0.3 is 0 Å². The van der Waals surface area contributed by atoms with E-state index in [4.69, 9.17) is 16.1 Å². The largest absolute Gasteiger partial charge is 0.344 e. The number of nitrogens with zero attached hydrogens (tertiary/aromatic N) is 5. The summed E-state index contributed by atoms with van der Waals surface area (Å²) >= 11 is 6.12. The molecule has 1 saturated carbocycles. The molecule has 1 aromatic carbocycles. The monoisotopic (exact) mass is 441 g/mol. The van der Waals surface area contributed by atoms with E-state index < -0.39 is 0 Å². The minimum absolute atomic E-state index is 0.110. The van der Waals surface area contributed by atoms with Crippen LogP contribution in [0.5, 0.6) is 0 Å². The smallest absolute Gasteiger partial charge is 0.249 e. The second-order valence-electron chi connectivity index (χ2n) is 7.79. The Hall–Kier alpha value is -2.60. The molecule has 7 heteroatoms. The van der Waals surface area contributed by atoms with Crippen LogP contribution in [0.25, 0.3) is 11.4 Å². The van der Waals surface area contributed by atoms with Crippen molar-refractivity contribution in [2.45, 2.75) is 58.5 Å². The Morgan fingerprint density at radius 2 is 2.13 bits per heavy atom. The number of aromatic nitrogens is 2. The van der Waals surface area contributed by atoms with E-state index in [2.05, 4.69) is 58.4 Å². The third-order valence-corrected chi connectivity index (χ3v) is 5.81. The Labute approximate surface area is 190 Å². The van der Waals surface area contributed by atoms with Crippen LogP contribution in [-0.2, 0) is 0 Å². The zero-order valence-electron chi connectivity index (χ0n) is 19.1. The SMILES string of the molecule is C=C(N(C)C(=NC)/C(=C/CC)CC)N(C1CC1)C(C)c1nc(-c2cccc(Cl)c2)no1. The lowest BCUT2D eigenvalue weighted by molar-refractivity contribution is 0.178. The quantitative estimate of drug-likeness (QED) is 0.348. The van der Waals surface area contributed by atoms with Crippen LogP contribution in [-0.4, -0.2) is 45.9 Å². The second kappa shape index (κ2) is 10.1. The molecule has 0 N–H and O–H groups in total. The summed E-state index contributed by atoms with van der Waals surface area (Å²) in [5.74, 6) is 2.92. The van der Waals surface area contributed by atoms with Crippen molar-refractivity contribution < 1.29 is 4.52 Å². The van der Waals surface area contributed by atoms with Gasteiger partial charge < -0.3 is 14.3 Å². The highest BCUT2D eigenvalue weighted by Crippen LogP contribution is 2.38. The van der Waals surface area contributed by atoms with Crippen LogP contribution >= 0.6 is 11.6 Å². The highest BCUT2D eigenvalue weighted by atomic mass is 35.5. The molecule has 1 heterocycles. The average Bonchev–Trinajstić information content (AvgIpc) is 3.47. The van der Waals surface area contributed by atoms with Crippen LogP contribution in [0.15, 0.2) is 57.8 Å². The molecule has 0 bridgehead atoms. The molecule has 166 valence electrons. The number of hydrogen-bond donors (Lipinski definition) is 0. The summed E-state index contributed by atoms with van der Waals surface area (Å²) in [4.78, 5) is 13.6. The number of halogens is 1. The molecule has 0 saturated heterocycles. The summed E-state index contributed by atoms with van der Waals surface area (Å²) in [6.07, 6.45) is 6.36. The van der Waals surface area contributed by atoms with E-state index in [9.17, 15) is 0 Å². The molecule has 1 atom stereocenters. The van der Waals surface area contributed by atoms with Gasteiger partial charge in [-0.2, -0.15) is 4.98 Å². The Balaban J connectivity index is 1.85. The zero-order valence-corrected chi connectivity index (χ0v) is 19.9. The van der Waals surface area contributed by atoms with Crippen molar-refractivity contribution in [2.75, 3.05) is 14.1 Å². The van der Waals surface area contributed by atoms with E-state index in [1.807, 2.05) is 38.4 Å². The lowest BCUT2D eigenvalue weighted by Gasteiger charge is -2.36. The molecule has 0 radical (unpaired) electrons. The van der Waals surface area contributed by atoms with Gasteiger partial charge in [-0.25, -0.2) is 0 Å². The summed E-state index contributed by atoms with van der Waals surface area (Å²) in [5, 5.41) is 4.83. The molecule has 1 fully saturated rings. The van der Waals surface area contributed by atoms with Gasteiger partial charge in [0.15, 0.2) is 0 Å². The first-order valence-corrected chi connectivity index (χ1v) is 11.3. The number of likely N-dealkylation sites (N-methyl/N-ethyl adjacent to an activating group) is 1. The summed E-state index contributed by atoms with van der Waals surface area (Å²) in [6, 6.07) is 7.76. The molecule has 1 aliphatic rings. The van der Waals surface area contributed by atoms with Crippen molar-refractivity contribution >= 4 is 17.4 Å². The molecule has 31 heavy (non-hydrogen) atoms. The Bertz CT molecular complexity index is 976. The number of amidine groups is 1. The van der Waals surface area contributed by atoms with Crippen molar-refractivity contribution in [2.24, 2.45) is 4.99 Å². The second-order valence-corrected chi connectivity index (χ2v) is 8.23. The summed E-state index contributed by atoms with van der Waals surface area (Å²) < 4.78 is 5.66. The van der Waals surface area contributed by atoms with Gasteiger partial charge in [0, 0.05) is 30.7 Å². The number of hydrogen-bond acceptors (Lipinski definition) is 5. The first kappa shape index (κ1) is 23.1. The molecule has 1 unspecified atom stereocenters.